The van der Waals surface area contributed by atoms with Gasteiger partial charge in [0.15, 0.2) is 0 Å². The van der Waals surface area contributed by atoms with Crippen molar-refractivity contribution >= 4 is 23.4 Å². The third-order valence-electron chi connectivity index (χ3n) is 3.53. The number of hydrogen-bond acceptors (Lipinski definition) is 2. The summed E-state index contributed by atoms with van der Waals surface area (Å²) in [7, 11) is 0. The van der Waals surface area contributed by atoms with Crippen LogP contribution in [0.4, 0.5) is 0 Å². The molecule has 0 saturated carbocycles. The Morgan fingerprint density at radius 3 is 2.50 bits per heavy atom. The third-order valence-corrected chi connectivity index (χ3v) is 4.83. The summed E-state index contributed by atoms with van der Waals surface area (Å²) in [4.78, 5) is 1.29. The molecular weight excluding hydrogens is 312 g/mol. The Kier molecular flexibility index (Phi) is 4.60. The molecule has 0 amide bonds. The maximum Gasteiger partial charge on any atom is 0.134 e. The summed E-state index contributed by atoms with van der Waals surface area (Å²) < 4.78 is 5.90. The molecule has 1 heterocycles. The number of rotatable bonds is 4. The fraction of sp³-hybridized carbons (Fsp3) is 0.158. The maximum atomic E-state index is 5.93. The van der Waals surface area contributed by atoms with Gasteiger partial charge >= 0.3 is 0 Å². The van der Waals surface area contributed by atoms with Gasteiger partial charge in [-0.05, 0) is 56.3 Å². The van der Waals surface area contributed by atoms with Crippen molar-refractivity contribution in [3.63, 3.8) is 0 Å². The molecule has 0 atom stereocenters. The van der Waals surface area contributed by atoms with Crippen LogP contribution in [0.2, 0.25) is 5.02 Å². The number of benzene rings is 2. The average molecular weight is 329 g/mol. The van der Waals surface area contributed by atoms with Crippen molar-refractivity contribution in [2.24, 2.45) is 0 Å². The fourth-order valence-corrected chi connectivity index (χ4v) is 3.46. The van der Waals surface area contributed by atoms with Gasteiger partial charge in [0.2, 0.25) is 0 Å². The van der Waals surface area contributed by atoms with E-state index in [-0.39, 0.29) is 0 Å². The summed E-state index contributed by atoms with van der Waals surface area (Å²) >= 11 is 7.76. The van der Waals surface area contributed by atoms with Crippen LogP contribution in [-0.4, -0.2) is 0 Å². The van der Waals surface area contributed by atoms with Crippen molar-refractivity contribution in [1.82, 2.24) is 0 Å². The Morgan fingerprint density at radius 2 is 1.77 bits per heavy atom. The Morgan fingerprint density at radius 1 is 1.00 bits per heavy atom. The Bertz CT molecular complexity index is 774. The highest BCUT2D eigenvalue weighted by Gasteiger charge is 2.10. The van der Waals surface area contributed by atoms with E-state index in [4.69, 9.17) is 16.0 Å². The lowest BCUT2D eigenvalue weighted by molar-refractivity contribution is 0.545. The van der Waals surface area contributed by atoms with Crippen LogP contribution < -0.4 is 0 Å². The van der Waals surface area contributed by atoms with Gasteiger partial charge in [-0.2, -0.15) is 0 Å². The molecule has 0 fully saturated rings. The second kappa shape index (κ2) is 6.64. The maximum absolute atomic E-state index is 5.93. The largest absolute Gasteiger partial charge is 0.461 e. The molecule has 0 aliphatic rings. The van der Waals surface area contributed by atoms with E-state index >= 15 is 0 Å². The van der Waals surface area contributed by atoms with Crippen LogP contribution in [0.25, 0.3) is 11.3 Å². The van der Waals surface area contributed by atoms with E-state index in [2.05, 4.69) is 37.3 Å². The Hall–Kier alpha value is -1.64. The smallest absolute Gasteiger partial charge is 0.134 e. The van der Waals surface area contributed by atoms with E-state index in [1.807, 2.05) is 43.0 Å². The number of thioether (sulfide) groups is 1. The number of hydrogen-bond donors (Lipinski definition) is 0. The molecule has 0 bridgehead atoms. The lowest BCUT2D eigenvalue weighted by Gasteiger charge is -2.01. The highest BCUT2D eigenvalue weighted by molar-refractivity contribution is 7.98. The zero-order valence-corrected chi connectivity index (χ0v) is 14.2. The van der Waals surface area contributed by atoms with Gasteiger partial charge < -0.3 is 4.42 Å². The van der Waals surface area contributed by atoms with Crippen LogP contribution in [0.5, 0.6) is 0 Å². The lowest BCUT2D eigenvalue weighted by Crippen LogP contribution is -1.80. The molecule has 0 saturated heterocycles. The molecule has 3 aromatic rings. The molecule has 0 spiro atoms. The van der Waals surface area contributed by atoms with Crippen LogP contribution in [0.1, 0.15) is 16.9 Å². The van der Waals surface area contributed by atoms with Gasteiger partial charge in [-0.25, -0.2) is 0 Å². The summed E-state index contributed by atoms with van der Waals surface area (Å²) in [6.45, 7) is 4.14. The molecule has 0 N–H and O–H groups in total. The van der Waals surface area contributed by atoms with Crippen molar-refractivity contribution in [2.75, 3.05) is 0 Å². The molecule has 0 radical (unpaired) electrons. The average Bonchev–Trinajstić information content (AvgIpc) is 2.87. The second-order valence-electron chi connectivity index (χ2n) is 5.30. The normalized spacial score (nSPS) is 10.9. The van der Waals surface area contributed by atoms with Crippen molar-refractivity contribution in [3.8, 4) is 11.3 Å². The molecule has 22 heavy (non-hydrogen) atoms. The molecule has 0 aliphatic carbocycles. The van der Waals surface area contributed by atoms with Gasteiger partial charge in [0.05, 0.1) is 0 Å². The molecule has 3 rings (SSSR count). The molecular formula is C19H17ClOS. The summed E-state index contributed by atoms with van der Waals surface area (Å²) in [5.41, 5.74) is 3.58. The fourth-order valence-electron chi connectivity index (χ4n) is 2.29. The van der Waals surface area contributed by atoms with E-state index in [1.54, 1.807) is 0 Å². The minimum atomic E-state index is 0.738. The van der Waals surface area contributed by atoms with E-state index in [1.165, 1.54) is 16.0 Å². The van der Waals surface area contributed by atoms with E-state index in [0.717, 1.165) is 27.9 Å². The van der Waals surface area contributed by atoms with Gasteiger partial charge in [-0.15, -0.1) is 11.8 Å². The number of furan rings is 1. The Balaban J connectivity index is 1.76. The van der Waals surface area contributed by atoms with Crippen molar-refractivity contribution in [3.05, 3.63) is 76.5 Å². The molecule has 0 unspecified atom stereocenters. The highest BCUT2D eigenvalue weighted by atomic mass is 35.5. The molecule has 1 aromatic heterocycles. The number of aryl methyl sites for hydroxylation is 2. The first-order valence-electron chi connectivity index (χ1n) is 7.16. The minimum Gasteiger partial charge on any atom is -0.461 e. The third kappa shape index (κ3) is 3.57. The van der Waals surface area contributed by atoms with Gasteiger partial charge in [0.25, 0.3) is 0 Å². The topological polar surface area (TPSA) is 13.1 Å². The first-order valence-corrected chi connectivity index (χ1v) is 8.53. The predicted molar refractivity (Wildman–Crippen MR) is 94.6 cm³/mol. The monoisotopic (exact) mass is 328 g/mol. The first kappa shape index (κ1) is 15.3. The summed E-state index contributed by atoms with van der Waals surface area (Å²) in [5.74, 6) is 2.78. The zero-order chi connectivity index (χ0) is 15.5. The molecule has 1 nitrogen and oxygen atoms in total. The van der Waals surface area contributed by atoms with E-state index in [0.29, 0.717) is 0 Å². The van der Waals surface area contributed by atoms with E-state index < -0.39 is 0 Å². The Labute approximate surface area is 140 Å². The predicted octanol–water partition coefficient (Wildman–Crippen LogP) is 6.51. The van der Waals surface area contributed by atoms with Crippen molar-refractivity contribution < 1.29 is 4.42 Å². The molecule has 2 aromatic carbocycles. The van der Waals surface area contributed by atoms with Crippen LogP contribution in [0.3, 0.4) is 0 Å². The lowest BCUT2D eigenvalue weighted by atomic mass is 10.1. The van der Waals surface area contributed by atoms with Crippen molar-refractivity contribution in [1.29, 1.82) is 0 Å². The standard InChI is InChI=1S/C19H17ClOS/c1-13-4-3-5-18(10-13)22-12-16-11-19(21-14(16)2)15-6-8-17(20)9-7-15/h3-11H,12H2,1-2H3. The summed E-state index contributed by atoms with van der Waals surface area (Å²) in [6, 6.07) is 18.4. The molecule has 0 aliphatic heterocycles. The highest BCUT2D eigenvalue weighted by Crippen LogP contribution is 2.31. The number of halogens is 1. The van der Waals surface area contributed by atoms with Gasteiger partial charge in [-0.3, -0.25) is 0 Å². The quantitative estimate of drug-likeness (QED) is 0.506. The van der Waals surface area contributed by atoms with Crippen LogP contribution >= 0.6 is 23.4 Å². The molecule has 3 heteroatoms. The zero-order valence-electron chi connectivity index (χ0n) is 12.6. The van der Waals surface area contributed by atoms with Crippen molar-refractivity contribution in [2.45, 2.75) is 24.5 Å². The van der Waals surface area contributed by atoms with Gasteiger partial charge in [0.1, 0.15) is 11.5 Å². The van der Waals surface area contributed by atoms with E-state index in [9.17, 15) is 0 Å². The molecule has 112 valence electrons. The summed E-state index contributed by atoms with van der Waals surface area (Å²) in [6.07, 6.45) is 0. The SMILES string of the molecule is Cc1cccc(SCc2cc(-c3ccc(Cl)cc3)oc2C)c1. The van der Waals surface area contributed by atoms with Gasteiger partial charge in [-0.1, -0.05) is 29.3 Å². The van der Waals surface area contributed by atoms with Crippen LogP contribution in [-0.2, 0) is 5.75 Å². The van der Waals surface area contributed by atoms with Crippen LogP contribution in [0.15, 0.2) is 63.9 Å². The summed E-state index contributed by atoms with van der Waals surface area (Å²) in [5, 5.41) is 0.738. The van der Waals surface area contributed by atoms with Crippen LogP contribution in [0, 0.1) is 13.8 Å². The minimum absolute atomic E-state index is 0.738. The first-order chi connectivity index (χ1) is 10.6. The van der Waals surface area contributed by atoms with Gasteiger partial charge in [0, 0.05) is 26.8 Å². The second-order valence-corrected chi connectivity index (χ2v) is 6.79.